The van der Waals surface area contributed by atoms with Gasteiger partial charge in [-0.1, -0.05) is 36.4 Å². The van der Waals surface area contributed by atoms with Gasteiger partial charge in [0.05, 0.1) is 11.9 Å². The topological polar surface area (TPSA) is 78.5 Å². The maximum absolute atomic E-state index is 12.0. The molecule has 0 aromatic heterocycles. The fourth-order valence-electron chi connectivity index (χ4n) is 2.73. The Labute approximate surface area is 141 Å². The van der Waals surface area contributed by atoms with Gasteiger partial charge in [0.1, 0.15) is 0 Å². The lowest BCUT2D eigenvalue weighted by Gasteiger charge is -2.17. The summed E-state index contributed by atoms with van der Waals surface area (Å²) in [5.74, 6) is 0. The van der Waals surface area contributed by atoms with E-state index >= 15 is 0 Å². The van der Waals surface area contributed by atoms with Gasteiger partial charge in [0, 0.05) is 18.8 Å². The molecule has 0 aliphatic carbocycles. The van der Waals surface area contributed by atoms with Gasteiger partial charge in [0.25, 0.3) is 0 Å². The minimum atomic E-state index is -3.30. The van der Waals surface area contributed by atoms with Crippen LogP contribution in [0.15, 0.2) is 48.5 Å². The maximum Gasteiger partial charge on any atom is 0.319 e. The molecule has 0 fully saturated rings. The standard InChI is InChI=1S/C17H19N3O3S/c1-24(22,23)20-10-9-14-7-8-15(11-16(14)20)19-17(21)18-12-13-5-3-2-4-6-13/h2-8,11H,9-10,12H2,1H3,(H2,18,19,21). The molecule has 0 saturated carbocycles. The molecule has 2 amide bonds. The molecule has 1 aliphatic rings. The molecule has 2 N–H and O–H groups in total. The van der Waals surface area contributed by atoms with Crippen LogP contribution in [-0.4, -0.2) is 27.2 Å². The zero-order chi connectivity index (χ0) is 17.2. The van der Waals surface area contributed by atoms with Crippen molar-refractivity contribution in [3.8, 4) is 0 Å². The third-order valence-corrected chi connectivity index (χ3v) is 5.07. The van der Waals surface area contributed by atoms with Crippen molar-refractivity contribution >= 4 is 27.4 Å². The monoisotopic (exact) mass is 345 g/mol. The van der Waals surface area contributed by atoms with E-state index in [1.54, 1.807) is 12.1 Å². The normalized spacial score (nSPS) is 13.5. The van der Waals surface area contributed by atoms with Crippen LogP contribution in [0, 0.1) is 0 Å². The second-order valence-corrected chi connectivity index (χ2v) is 7.63. The number of amides is 2. The number of fused-ring (bicyclic) bond motifs is 1. The predicted octanol–water partition coefficient (Wildman–Crippen LogP) is 2.33. The summed E-state index contributed by atoms with van der Waals surface area (Å²) < 4.78 is 25.0. The number of sulfonamides is 1. The van der Waals surface area contributed by atoms with Gasteiger partial charge in [-0.15, -0.1) is 0 Å². The molecule has 0 bridgehead atoms. The summed E-state index contributed by atoms with van der Waals surface area (Å²) in [4.78, 5) is 12.0. The van der Waals surface area contributed by atoms with Crippen LogP contribution >= 0.6 is 0 Å². The van der Waals surface area contributed by atoms with Crippen LogP contribution < -0.4 is 14.9 Å². The highest BCUT2D eigenvalue weighted by molar-refractivity contribution is 7.92. The first-order valence-corrected chi connectivity index (χ1v) is 9.48. The average Bonchev–Trinajstić information content (AvgIpc) is 2.97. The average molecular weight is 345 g/mol. The number of carbonyl (C=O) groups is 1. The van der Waals surface area contributed by atoms with Crippen molar-refractivity contribution in [3.63, 3.8) is 0 Å². The summed E-state index contributed by atoms with van der Waals surface area (Å²) in [6.45, 7) is 0.866. The first-order chi connectivity index (χ1) is 11.4. The fourth-order valence-corrected chi connectivity index (χ4v) is 3.68. The number of rotatable bonds is 4. The molecule has 24 heavy (non-hydrogen) atoms. The van der Waals surface area contributed by atoms with Gasteiger partial charge in [0.15, 0.2) is 0 Å². The molecule has 0 atom stereocenters. The summed E-state index contributed by atoms with van der Waals surface area (Å²) in [5.41, 5.74) is 3.17. The minimum Gasteiger partial charge on any atom is -0.334 e. The number of anilines is 2. The Morgan fingerprint density at radius 2 is 1.92 bits per heavy atom. The van der Waals surface area contributed by atoms with E-state index in [2.05, 4.69) is 10.6 Å². The Bertz CT molecular complexity index is 851. The van der Waals surface area contributed by atoms with Crippen LogP contribution in [-0.2, 0) is 23.0 Å². The van der Waals surface area contributed by atoms with E-state index in [1.165, 1.54) is 10.6 Å². The zero-order valence-corrected chi connectivity index (χ0v) is 14.1. The number of hydrogen-bond donors (Lipinski definition) is 2. The van der Waals surface area contributed by atoms with Crippen molar-refractivity contribution in [1.29, 1.82) is 0 Å². The number of nitrogens with one attached hydrogen (secondary N) is 2. The lowest BCUT2D eigenvalue weighted by molar-refractivity contribution is 0.251. The third kappa shape index (κ3) is 3.68. The number of nitrogens with zero attached hydrogens (tertiary/aromatic N) is 1. The van der Waals surface area contributed by atoms with E-state index < -0.39 is 10.0 Å². The van der Waals surface area contributed by atoms with E-state index in [9.17, 15) is 13.2 Å². The SMILES string of the molecule is CS(=O)(=O)N1CCc2ccc(NC(=O)NCc3ccccc3)cc21. The first-order valence-electron chi connectivity index (χ1n) is 7.63. The molecule has 6 nitrogen and oxygen atoms in total. The molecule has 2 aromatic carbocycles. The Morgan fingerprint density at radius 1 is 1.17 bits per heavy atom. The van der Waals surface area contributed by atoms with Gasteiger partial charge in [0.2, 0.25) is 10.0 Å². The minimum absolute atomic E-state index is 0.331. The van der Waals surface area contributed by atoms with Crippen LogP contribution in [0.4, 0.5) is 16.2 Å². The van der Waals surface area contributed by atoms with Gasteiger partial charge in [-0.3, -0.25) is 4.31 Å². The molecule has 0 unspecified atom stereocenters. The molecule has 3 rings (SSSR count). The second-order valence-electron chi connectivity index (χ2n) is 5.72. The predicted molar refractivity (Wildman–Crippen MR) is 94.6 cm³/mol. The molecule has 0 spiro atoms. The zero-order valence-electron chi connectivity index (χ0n) is 13.3. The van der Waals surface area contributed by atoms with Crippen LogP contribution in [0.3, 0.4) is 0 Å². The molecular formula is C17H19N3O3S. The maximum atomic E-state index is 12.0. The molecule has 0 saturated heterocycles. The Hall–Kier alpha value is -2.54. The van der Waals surface area contributed by atoms with Crippen molar-refractivity contribution in [3.05, 3.63) is 59.7 Å². The van der Waals surface area contributed by atoms with Crippen molar-refractivity contribution in [2.24, 2.45) is 0 Å². The van der Waals surface area contributed by atoms with Gasteiger partial charge in [-0.2, -0.15) is 0 Å². The van der Waals surface area contributed by atoms with Crippen molar-refractivity contribution in [1.82, 2.24) is 5.32 Å². The largest absolute Gasteiger partial charge is 0.334 e. The Kier molecular flexibility index (Phi) is 4.44. The van der Waals surface area contributed by atoms with E-state index in [-0.39, 0.29) is 6.03 Å². The van der Waals surface area contributed by atoms with Gasteiger partial charge in [-0.05, 0) is 29.7 Å². The highest BCUT2D eigenvalue weighted by Gasteiger charge is 2.26. The summed E-state index contributed by atoms with van der Waals surface area (Å²) >= 11 is 0. The number of urea groups is 1. The third-order valence-electron chi connectivity index (χ3n) is 3.89. The van der Waals surface area contributed by atoms with E-state index in [0.29, 0.717) is 30.9 Å². The fraction of sp³-hybridized carbons (Fsp3) is 0.235. The van der Waals surface area contributed by atoms with E-state index in [4.69, 9.17) is 0 Å². The lowest BCUT2D eigenvalue weighted by Crippen LogP contribution is -2.29. The Balaban J connectivity index is 1.67. The Morgan fingerprint density at radius 3 is 2.62 bits per heavy atom. The number of hydrogen-bond acceptors (Lipinski definition) is 3. The summed E-state index contributed by atoms with van der Waals surface area (Å²) in [6, 6.07) is 14.6. The molecule has 1 heterocycles. The molecular weight excluding hydrogens is 326 g/mol. The number of benzene rings is 2. The lowest BCUT2D eigenvalue weighted by atomic mass is 10.1. The molecule has 126 valence electrons. The van der Waals surface area contributed by atoms with Crippen molar-refractivity contribution < 1.29 is 13.2 Å². The van der Waals surface area contributed by atoms with E-state index in [0.717, 1.165) is 11.1 Å². The van der Waals surface area contributed by atoms with Crippen molar-refractivity contribution in [2.45, 2.75) is 13.0 Å². The first kappa shape index (κ1) is 16.3. The second kappa shape index (κ2) is 6.52. The van der Waals surface area contributed by atoms with Gasteiger partial charge in [-0.25, -0.2) is 13.2 Å². The smallest absolute Gasteiger partial charge is 0.319 e. The summed E-state index contributed by atoms with van der Waals surface area (Å²) in [6.07, 6.45) is 1.87. The van der Waals surface area contributed by atoms with Crippen LogP contribution in [0.1, 0.15) is 11.1 Å². The van der Waals surface area contributed by atoms with Crippen LogP contribution in [0.25, 0.3) is 0 Å². The van der Waals surface area contributed by atoms with Gasteiger partial charge < -0.3 is 10.6 Å². The highest BCUT2D eigenvalue weighted by atomic mass is 32.2. The van der Waals surface area contributed by atoms with Crippen LogP contribution in [0.5, 0.6) is 0 Å². The summed E-state index contributed by atoms with van der Waals surface area (Å²) in [7, 11) is -3.30. The van der Waals surface area contributed by atoms with Crippen LogP contribution in [0.2, 0.25) is 0 Å². The van der Waals surface area contributed by atoms with E-state index in [1.807, 2.05) is 36.4 Å². The molecule has 7 heteroatoms. The number of carbonyl (C=O) groups excluding carboxylic acids is 1. The van der Waals surface area contributed by atoms with Crippen molar-refractivity contribution in [2.75, 3.05) is 22.4 Å². The molecule has 2 aromatic rings. The molecule has 1 aliphatic heterocycles. The summed E-state index contributed by atoms with van der Waals surface area (Å²) in [5, 5.41) is 5.52. The highest BCUT2D eigenvalue weighted by Crippen LogP contribution is 2.32. The molecule has 0 radical (unpaired) electrons. The van der Waals surface area contributed by atoms with Gasteiger partial charge >= 0.3 is 6.03 Å². The quantitative estimate of drug-likeness (QED) is 0.893.